The van der Waals surface area contributed by atoms with E-state index in [0.717, 1.165) is 25.9 Å². The molecule has 0 unspecified atom stereocenters. The van der Waals surface area contributed by atoms with Gasteiger partial charge in [-0.2, -0.15) is 0 Å². The molecule has 1 saturated carbocycles. The van der Waals surface area contributed by atoms with Gasteiger partial charge in [0.15, 0.2) is 0 Å². The van der Waals surface area contributed by atoms with Crippen molar-refractivity contribution < 1.29 is 9.90 Å². The topological polar surface area (TPSA) is 79.5 Å². The molecular formula is C16H23N3O2. The smallest absolute Gasteiger partial charge is 0.339 e. The second-order valence-corrected chi connectivity index (χ2v) is 6.49. The number of rotatable bonds is 2. The van der Waals surface area contributed by atoms with E-state index < -0.39 is 5.97 Å². The zero-order valence-corrected chi connectivity index (χ0v) is 12.3. The number of carboxylic acid groups (broad SMARTS) is 1. The van der Waals surface area contributed by atoms with Crippen LogP contribution in [0.3, 0.4) is 0 Å². The first kappa shape index (κ1) is 14.2. The van der Waals surface area contributed by atoms with E-state index in [1.807, 2.05) is 0 Å². The quantitative estimate of drug-likeness (QED) is 0.875. The monoisotopic (exact) mass is 289 g/mol. The van der Waals surface area contributed by atoms with Gasteiger partial charge in [0.1, 0.15) is 11.4 Å². The highest BCUT2D eigenvalue weighted by atomic mass is 16.4. The van der Waals surface area contributed by atoms with Crippen molar-refractivity contribution in [1.82, 2.24) is 4.98 Å². The summed E-state index contributed by atoms with van der Waals surface area (Å²) >= 11 is 0. The minimum Gasteiger partial charge on any atom is -0.478 e. The molecule has 1 aliphatic carbocycles. The van der Waals surface area contributed by atoms with E-state index in [0.29, 0.717) is 16.9 Å². The molecule has 0 radical (unpaired) electrons. The lowest BCUT2D eigenvalue weighted by Crippen LogP contribution is -2.42. The minimum absolute atomic E-state index is 0.217. The van der Waals surface area contributed by atoms with E-state index in [4.69, 9.17) is 5.73 Å². The Bertz CT molecular complexity index is 528. The summed E-state index contributed by atoms with van der Waals surface area (Å²) in [7, 11) is 0. The first-order valence-electron chi connectivity index (χ1n) is 7.83. The number of carbonyl (C=O) groups is 1. The summed E-state index contributed by atoms with van der Waals surface area (Å²) in [6, 6.07) is 1.51. The maximum atomic E-state index is 11.4. The molecule has 5 heteroatoms. The van der Waals surface area contributed by atoms with E-state index in [9.17, 15) is 9.90 Å². The zero-order chi connectivity index (χ0) is 14.9. The van der Waals surface area contributed by atoms with Gasteiger partial charge in [0, 0.05) is 13.1 Å². The number of hydrogen-bond acceptors (Lipinski definition) is 4. The summed E-state index contributed by atoms with van der Waals surface area (Å²) in [5.74, 6) is -0.384. The van der Waals surface area contributed by atoms with Crippen LogP contribution in [-0.4, -0.2) is 29.1 Å². The maximum Gasteiger partial charge on any atom is 0.339 e. The molecule has 5 nitrogen and oxygen atoms in total. The molecule has 3 rings (SSSR count). The molecule has 2 aliphatic rings. The van der Waals surface area contributed by atoms with Gasteiger partial charge in [-0.1, -0.05) is 19.3 Å². The molecule has 2 fully saturated rings. The van der Waals surface area contributed by atoms with E-state index in [-0.39, 0.29) is 5.56 Å². The molecule has 114 valence electrons. The van der Waals surface area contributed by atoms with Crippen LogP contribution in [0.25, 0.3) is 0 Å². The van der Waals surface area contributed by atoms with Gasteiger partial charge in [-0.3, -0.25) is 0 Å². The summed E-state index contributed by atoms with van der Waals surface area (Å²) in [4.78, 5) is 17.8. The highest BCUT2D eigenvalue weighted by molar-refractivity contribution is 5.94. The molecule has 21 heavy (non-hydrogen) atoms. The number of piperidine rings is 1. The Morgan fingerprint density at radius 1 is 1.19 bits per heavy atom. The van der Waals surface area contributed by atoms with Crippen LogP contribution < -0.4 is 10.6 Å². The minimum atomic E-state index is -0.956. The molecule has 1 spiro atoms. The molecule has 1 aromatic rings. The first-order chi connectivity index (χ1) is 10.1. The van der Waals surface area contributed by atoms with Gasteiger partial charge in [-0.25, -0.2) is 9.78 Å². The van der Waals surface area contributed by atoms with Crippen LogP contribution in [-0.2, 0) is 0 Å². The van der Waals surface area contributed by atoms with Gasteiger partial charge in [-0.15, -0.1) is 0 Å². The van der Waals surface area contributed by atoms with Gasteiger partial charge in [0.05, 0.1) is 11.9 Å². The summed E-state index contributed by atoms with van der Waals surface area (Å²) in [6.45, 7) is 1.80. The number of nitrogens with zero attached hydrogens (tertiary/aromatic N) is 2. The fourth-order valence-electron chi connectivity index (χ4n) is 3.88. The van der Waals surface area contributed by atoms with Crippen LogP contribution in [0.5, 0.6) is 0 Å². The van der Waals surface area contributed by atoms with Crippen LogP contribution in [0.4, 0.5) is 11.5 Å². The number of anilines is 2. The number of aromatic carboxylic acids is 1. The van der Waals surface area contributed by atoms with Crippen LogP contribution in [0.2, 0.25) is 0 Å². The normalized spacial score (nSPS) is 21.4. The zero-order valence-electron chi connectivity index (χ0n) is 12.3. The fourth-order valence-corrected chi connectivity index (χ4v) is 3.88. The van der Waals surface area contributed by atoms with Gasteiger partial charge in [-0.05, 0) is 37.2 Å². The Hall–Kier alpha value is -1.78. The predicted octanol–water partition coefficient (Wildman–Crippen LogP) is 2.91. The Labute approximate surface area is 125 Å². The SMILES string of the molecule is Nc1cnc(N2CCC3(CCCCC3)CC2)c(C(=O)O)c1. The van der Waals surface area contributed by atoms with Crippen molar-refractivity contribution in [3.8, 4) is 0 Å². The van der Waals surface area contributed by atoms with Gasteiger partial charge in [0.25, 0.3) is 0 Å². The largest absolute Gasteiger partial charge is 0.478 e. The average Bonchev–Trinajstić information content (AvgIpc) is 2.49. The Morgan fingerprint density at radius 2 is 1.86 bits per heavy atom. The van der Waals surface area contributed by atoms with Crippen molar-refractivity contribution in [3.05, 3.63) is 17.8 Å². The van der Waals surface area contributed by atoms with Gasteiger partial charge >= 0.3 is 5.97 Å². The lowest BCUT2D eigenvalue weighted by molar-refractivity contribution is 0.0697. The average molecular weight is 289 g/mol. The van der Waals surface area contributed by atoms with E-state index in [1.54, 1.807) is 6.20 Å². The van der Waals surface area contributed by atoms with Crippen molar-refractivity contribution in [2.24, 2.45) is 5.41 Å². The number of nitrogens with two attached hydrogens (primary N) is 1. The lowest BCUT2D eigenvalue weighted by Gasteiger charge is -2.44. The van der Waals surface area contributed by atoms with Crippen LogP contribution in [0, 0.1) is 5.41 Å². The van der Waals surface area contributed by atoms with Gasteiger partial charge in [0.2, 0.25) is 0 Å². The van der Waals surface area contributed by atoms with E-state index in [2.05, 4.69) is 9.88 Å². The third kappa shape index (κ3) is 2.82. The van der Waals surface area contributed by atoms with E-state index >= 15 is 0 Å². The standard InChI is InChI=1S/C16H23N3O2/c17-12-10-13(15(20)21)14(18-11-12)19-8-6-16(7-9-19)4-2-1-3-5-16/h10-11H,1-9,17H2,(H,20,21). The second kappa shape index (κ2) is 5.54. The third-order valence-electron chi connectivity index (χ3n) is 5.16. The molecule has 0 amide bonds. The molecule has 1 saturated heterocycles. The number of carboxylic acids is 1. The van der Waals surface area contributed by atoms with Crippen molar-refractivity contribution in [1.29, 1.82) is 0 Å². The van der Waals surface area contributed by atoms with Crippen molar-refractivity contribution >= 4 is 17.5 Å². The predicted molar refractivity (Wildman–Crippen MR) is 82.6 cm³/mol. The highest BCUT2D eigenvalue weighted by Gasteiger charge is 2.36. The Kier molecular flexibility index (Phi) is 3.74. The molecule has 0 bridgehead atoms. The summed E-state index contributed by atoms with van der Waals surface area (Å²) in [5.41, 5.74) is 6.79. The lowest BCUT2D eigenvalue weighted by atomic mass is 9.68. The number of hydrogen-bond donors (Lipinski definition) is 2. The summed E-state index contributed by atoms with van der Waals surface area (Å²) in [5, 5.41) is 9.34. The Balaban J connectivity index is 1.76. The van der Waals surface area contributed by atoms with Crippen LogP contribution in [0.1, 0.15) is 55.3 Å². The maximum absolute atomic E-state index is 11.4. The van der Waals surface area contributed by atoms with Gasteiger partial charge < -0.3 is 15.7 Å². The summed E-state index contributed by atoms with van der Waals surface area (Å²) in [6.07, 6.45) is 10.6. The number of nitrogen functional groups attached to an aromatic ring is 1. The molecule has 3 N–H and O–H groups in total. The molecule has 1 aromatic heterocycles. The second-order valence-electron chi connectivity index (χ2n) is 6.49. The van der Waals surface area contributed by atoms with Crippen LogP contribution in [0.15, 0.2) is 12.3 Å². The van der Waals surface area contributed by atoms with E-state index in [1.165, 1.54) is 38.2 Å². The van der Waals surface area contributed by atoms with Crippen molar-refractivity contribution in [2.75, 3.05) is 23.7 Å². The highest BCUT2D eigenvalue weighted by Crippen LogP contribution is 2.45. The number of pyridine rings is 1. The summed E-state index contributed by atoms with van der Waals surface area (Å²) < 4.78 is 0. The van der Waals surface area contributed by atoms with Crippen LogP contribution >= 0.6 is 0 Å². The molecule has 0 atom stereocenters. The molecular weight excluding hydrogens is 266 g/mol. The van der Waals surface area contributed by atoms with Crippen molar-refractivity contribution in [2.45, 2.75) is 44.9 Å². The molecule has 2 heterocycles. The molecule has 1 aliphatic heterocycles. The Morgan fingerprint density at radius 3 is 2.48 bits per heavy atom. The molecule has 0 aromatic carbocycles. The number of aromatic nitrogens is 1. The first-order valence-corrected chi connectivity index (χ1v) is 7.83. The third-order valence-corrected chi connectivity index (χ3v) is 5.16. The van der Waals surface area contributed by atoms with Crippen molar-refractivity contribution in [3.63, 3.8) is 0 Å². The fraction of sp³-hybridized carbons (Fsp3) is 0.625.